The fraction of sp³-hybridized carbons (Fsp3) is 0.647. The van der Waals surface area contributed by atoms with Gasteiger partial charge in [0.2, 0.25) is 0 Å². The molecule has 1 aromatic carbocycles. The quantitative estimate of drug-likeness (QED) is 0.917. The smallest absolute Gasteiger partial charge is 0.126 e. The van der Waals surface area contributed by atoms with Gasteiger partial charge in [0.15, 0.2) is 0 Å². The van der Waals surface area contributed by atoms with E-state index < -0.39 is 0 Å². The van der Waals surface area contributed by atoms with Crippen LogP contribution >= 0.6 is 0 Å². The monoisotopic (exact) mass is 277 g/mol. The molecule has 1 atom stereocenters. The van der Waals surface area contributed by atoms with Crippen LogP contribution in [0.2, 0.25) is 0 Å². The highest BCUT2D eigenvalue weighted by Crippen LogP contribution is 2.31. The molecule has 1 unspecified atom stereocenters. The molecular formula is C17H24FNO. The van der Waals surface area contributed by atoms with Gasteiger partial charge in [-0.25, -0.2) is 4.39 Å². The fourth-order valence-electron chi connectivity index (χ4n) is 3.75. The number of aliphatic hydroxyl groups is 1. The van der Waals surface area contributed by atoms with Gasteiger partial charge in [-0.05, 0) is 56.2 Å². The summed E-state index contributed by atoms with van der Waals surface area (Å²) in [5.41, 5.74) is 0.883. The van der Waals surface area contributed by atoms with Gasteiger partial charge in [-0.3, -0.25) is 0 Å². The van der Waals surface area contributed by atoms with Crippen LogP contribution < -0.4 is 0 Å². The molecular weight excluding hydrogens is 253 g/mol. The molecule has 2 fully saturated rings. The lowest BCUT2D eigenvalue weighted by Gasteiger charge is -2.29. The van der Waals surface area contributed by atoms with Crippen molar-refractivity contribution in [3.8, 4) is 0 Å². The molecule has 1 N–H and O–H groups in total. The van der Waals surface area contributed by atoms with Gasteiger partial charge in [0, 0.05) is 19.0 Å². The molecule has 3 rings (SSSR count). The molecule has 0 spiro atoms. The Balaban J connectivity index is 1.53. The van der Waals surface area contributed by atoms with E-state index in [0.717, 1.165) is 63.2 Å². The second-order valence-electron chi connectivity index (χ2n) is 6.44. The number of likely N-dealkylation sites (tertiary alicyclic amines) is 1. The summed E-state index contributed by atoms with van der Waals surface area (Å²) in [7, 11) is 0. The Morgan fingerprint density at radius 1 is 1.10 bits per heavy atom. The average Bonchev–Trinajstić information content (AvgIpc) is 2.90. The van der Waals surface area contributed by atoms with Crippen molar-refractivity contribution in [1.82, 2.24) is 4.90 Å². The molecule has 3 heteroatoms. The highest BCUT2D eigenvalue weighted by Gasteiger charge is 2.28. The Hall–Kier alpha value is -0.930. The Bertz CT molecular complexity index is 442. The normalized spacial score (nSPS) is 31.6. The first-order valence-corrected chi connectivity index (χ1v) is 7.87. The molecule has 1 saturated heterocycles. The summed E-state index contributed by atoms with van der Waals surface area (Å²) >= 11 is 0. The molecule has 0 bridgehead atoms. The third kappa shape index (κ3) is 3.21. The van der Waals surface area contributed by atoms with E-state index in [1.54, 1.807) is 12.1 Å². The first-order chi connectivity index (χ1) is 9.72. The largest absolute Gasteiger partial charge is 0.393 e. The van der Waals surface area contributed by atoms with Crippen LogP contribution in [0.3, 0.4) is 0 Å². The van der Waals surface area contributed by atoms with E-state index in [0.29, 0.717) is 5.92 Å². The van der Waals surface area contributed by atoms with Crippen molar-refractivity contribution in [3.63, 3.8) is 0 Å². The minimum absolute atomic E-state index is 0.0554. The zero-order chi connectivity index (χ0) is 13.9. The predicted octanol–water partition coefficient (Wildman–Crippen LogP) is 3.17. The number of halogens is 1. The minimum Gasteiger partial charge on any atom is -0.393 e. The first-order valence-electron chi connectivity index (χ1n) is 7.87. The average molecular weight is 277 g/mol. The maximum absolute atomic E-state index is 13.8. The van der Waals surface area contributed by atoms with Crippen molar-refractivity contribution >= 4 is 0 Å². The van der Waals surface area contributed by atoms with E-state index >= 15 is 0 Å². The van der Waals surface area contributed by atoms with Crippen molar-refractivity contribution in [3.05, 3.63) is 35.6 Å². The van der Waals surface area contributed by atoms with Gasteiger partial charge in [-0.15, -0.1) is 0 Å². The van der Waals surface area contributed by atoms with E-state index in [1.807, 2.05) is 12.1 Å². The van der Waals surface area contributed by atoms with E-state index in [9.17, 15) is 9.50 Å². The van der Waals surface area contributed by atoms with Crippen LogP contribution in [0.15, 0.2) is 24.3 Å². The fourth-order valence-corrected chi connectivity index (χ4v) is 3.75. The van der Waals surface area contributed by atoms with Gasteiger partial charge < -0.3 is 10.0 Å². The lowest BCUT2D eigenvalue weighted by molar-refractivity contribution is 0.0973. The van der Waals surface area contributed by atoms with Crippen molar-refractivity contribution in [2.75, 3.05) is 19.6 Å². The van der Waals surface area contributed by atoms with Crippen molar-refractivity contribution in [1.29, 1.82) is 0 Å². The standard InChI is InChI=1S/C17H24FNO/c18-17-4-2-1-3-16(17)14-9-10-19(12-14)11-13-5-7-15(20)8-6-13/h1-4,13-15,20H,5-12H2. The molecule has 1 aliphatic heterocycles. The molecule has 1 aromatic rings. The molecule has 0 aromatic heterocycles. The number of nitrogens with zero attached hydrogens (tertiary/aromatic N) is 1. The summed E-state index contributed by atoms with van der Waals surface area (Å²) in [5, 5.41) is 9.55. The van der Waals surface area contributed by atoms with Crippen LogP contribution in [0.25, 0.3) is 0 Å². The summed E-state index contributed by atoms with van der Waals surface area (Å²) in [6, 6.07) is 7.20. The molecule has 110 valence electrons. The van der Waals surface area contributed by atoms with Crippen LogP contribution in [-0.2, 0) is 0 Å². The number of rotatable bonds is 3. The first kappa shape index (κ1) is 14.0. The zero-order valence-corrected chi connectivity index (χ0v) is 12.0. The highest BCUT2D eigenvalue weighted by atomic mass is 19.1. The van der Waals surface area contributed by atoms with Crippen LogP contribution in [0.1, 0.15) is 43.6 Å². The second-order valence-corrected chi connectivity index (χ2v) is 6.44. The maximum Gasteiger partial charge on any atom is 0.126 e. The van der Waals surface area contributed by atoms with Crippen LogP contribution in [0, 0.1) is 11.7 Å². The van der Waals surface area contributed by atoms with Gasteiger partial charge in [-0.1, -0.05) is 18.2 Å². The lowest BCUT2D eigenvalue weighted by atomic mass is 9.87. The molecule has 0 amide bonds. The summed E-state index contributed by atoms with van der Waals surface area (Å²) in [4.78, 5) is 2.49. The second kappa shape index (κ2) is 6.23. The predicted molar refractivity (Wildman–Crippen MR) is 78.2 cm³/mol. The van der Waals surface area contributed by atoms with Gasteiger partial charge >= 0.3 is 0 Å². The highest BCUT2D eigenvalue weighted by molar-refractivity contribution is 5.23. The molecule has 2 nitrogen and oxygen atoms in total. The summed E-state index contributed by atoms with van der Waals surface area (Å²) in [6.07, 6.45) is 5.18. The Morgan fingerprint density at radius 2 is 1.85 bits per heavy atom. The van der Waals surface area contributed by atoms with Gasteiger partial charge in [0.25, 0.3) is 0 Å². The molecule has 1 saturated carbocycles. The summed E-state index contributed by atoms with van der Waals surface area (Å²) in [5.74, 6) is 1.02. The third-order valence-corrected chi connectivity index (χ3v) is 4.95. The van der Waals surface area contributed by atoms with E-state index in [-0.39, 0.29) is 11.9 Å². The Labute approximate surface area is 120 Å². The SMILES string of the molecule is OC1CCC(CN2CCC(c3ccccc3F)C2)CC1. The molecule has 1 aliphatic carbocycles. The lowest BCUT2D eigenvalue weighted by Crippen LogP contribution is -2.30. The van der Waals surface area contributed by atoms with Crippen LogP contribution in [0.5, 0.6) is 0 Å². The molecule has 2 aliphatic rings. The van der Waals surface area contributed by atoms with E-state index in [1.165, 1.54) is 0 Å². The van der Waals surface area contributed by atoms with E-state index in [4.69, 9.17) is 0 Å². The van der Waals surface area contributed by atoms with Crippen LogP contribution in [-0.4, -0.2) is 35.7 Å². The number of hydrogen-bond donors (Lipinski definition) is 1. The minimum atomic E-state index is -0.0732. The Kier molecular flexibility index (Phi) is 4.37. The van der Waals surface area contributed by atoms with Gasteiger partial charge in [-0.2, -0.15) is 0 Å². The molecule has 1 heterocycles. The number of benzene rings is 1. The number of hydrogen-bond acceptors (Lipinski definition) is 2. The van der Waals surface area contributed by atoms with E-state index in [2.05, 4.69) is 4.90 Å². The van der Waals surface area contributed by atoms with Crippen molar-refractivity contribution in [2.24, 2.45) is 5.92 Å². The van der Waals surface area contributed by atoms with Gasteiger partial charge in [0.1, 0.15) is 5.82 Å². The Morgan fingerprint density at radius 3 is 2.60 bits per heavy atom. The van der Waals surface area contributed by atoms with Crippen LogP contribution in [0.4, 0.5) is 4.39 Å². The number of aliphatic hydroxyl groups excluding tert-OH is 1. The van der Waals surface area contributed by atoms with Gasteiger partial charge in [0.05, 0.1) is 6.10 Å². The maximum atomic E-state index is 13.8. The topological polar surface area (TPSA) is 23.5 Å². The van der Waals surface area contributed by atoms with Crippen molar-refractivity contribution in [2.45, 2.75) is 44.1 Å². The molecule has 20 heavy (non-hydrogen) atoms. The molecule has 0 radical (unpaired) electrons. The third-order valence-electron chi connectivity index (χ3n) is 4.95. The summed E-state index contributed by atoms with van der Waals surface area (Å²) in [6.45, 7) is 3.19. The summed E-state index contributed by atoms with van der Waals surface area (Å²) < 4.78 is 13.8. The zero-order valence-electron chi connectivity index (χ0n) is 12.0. The van der Waals surface area contributed by atoms with Crippen molar-refractivity contribution < 1.29 is 9.50 Å².